The fraction of sp³-hybridized carbons (Fsp3) is 0.227. The van der Waals surface area contributed by atoms with Gasteiger partial charge >= 0.3 is 0 Å². The van der Waals surface area contributed by atoms with Crippen LogP contribution in [0.2, 0.25) is 0 Å². The quantitative estimate of drug-likeness (QED) is 0.285. The van der Waals surface area contributed by atoms with E-state index in [2.05, 4.69) is 31.3 Å². The van der Waals surface area contributed by atoms with E-state index in [4.69, 9.17) is 18.7 Å². The van der Waals surface area contributed by atoms with Crippen LogP contribution in [-0.4, -0.2) is 29.2 Å². The zero-order valence-electron chi connectivity index (χ0n) is 16.2. The minimum atomic E-state index is -0.652. The number of carbonyl (C=O) groups excluding carboxylic acids is 1. The molecule has 1 aliphatic heterocycles. The maximum Gasteiger partial charge on any atom is 0.261 e. The van der Waals surface area contributed by atoms with Crippen LogP contribution in [0.5, 0.6) is 5.75 Å². The summed E-state index contributed by atoms with van der Waals surface area (Å²) in [5.41, 5.74) is 6.54. The summed E-state index contributed by atoms with van der Waals surface area (Å²) in [4.78, 5) is 20.5. The van der Waals surface area contributed by atoms with Gasteiger partial charge in [-0.1, -0.05) is 36.4 Å². The number of guanidine groups is 1. The number of amides is 1. The Hall–Kier alpha value is -4.17. The fourth-order valence-electron chi connectivity index (χ4n) is 3.04. The third-order valence-electron chi connectivity index (χ3n) is 4.66. The van der Waals surface area contributed by atoms with Gasteiger partial charge in [-0.05, 0) is 11.6 Å². The first-order valence-corrected chi connectivity index (χ1v) is 9.27. The average molecular weight is 400 g/mol. The number of aliphatic imine (C=N–C) groups is 1. The van der Waals surface area contributed by atoms with E-state index in [-0.39, 0.29) is 23.0 Å². The first kappa shape index (κ1) is 20.6. The molecule has 8 nitrogen and oxygen atoms in total. The molecule has 2 aromatic rings. The summed E-state index contributed by atoms with van der Waals surface area (Å²) in [7, 11) is 0. The van der Waals surface area contributed by atoms with E-state index in [9.17, 15) is 9.90 Å². The van der Waals surface area contributed by atoms with Gasteiger partial charge in [0, 0.05) is 31.4 Å². The lowest BCUT2D eigenvalue weighted by molar-refractivity contribution is 0.0974. The molecule has 30 heavy (non-hydrogen) atoms. The number of phenolic OH excluding ortho intramolecular Hbond substituents is 1. The Morgan fingerprint density at radius 2 is 2.00 bits per heavy atom. The molecule has 0 fully saturated rings. The highest BCUT2D eigenvalue weighted by Gasteiger charge is 2.38. The Balaban J connectivity index is 1.77. The molecule has 0 radical (unpaired) electrons. The van der Waals surface area contributed by atoms with E-state index in [1.54, 1.807) is 24.3 Å². The SMILES string of the molecule is [C-]#[N+]c1ccc(O)c(C(=O)NC(N)=NCCC2(CCC#C)N=N2)c1-c1ccccc1. The molecule has 0 saturated heterocycles. The van der Waals surface area contributed by atoms with E-state index >= 15 is 0 Å². The normalized spacial score (nSPS) is 13.9. The number of nitrogens with two attached hydrogens (primary N) is 1. The predicted octanol–water partition coefficient (Wildman–Crippen LogP) is 3.62. The molecule has 0 atom stereocenters. The number of nitrogens with zero attached hydrogens (tertiary/aromatic N) is 4. The molecule has 1 aliphatic rings. The van der Waals surface area contributed by atoms with E-state index in [1.165, 1.54) is 12.1 Å². The number of hydrogen-bond acceptors (Lipinski definition) is 5. The third kappa shape index (κ3) is 4.62. The first-order valence-electron chi connectivity index (χ1n) is 9.27. The lowest BCUT2D eigenvalue weighted by Crippen LogP contribution is -2.37. The van der Waals surface area contributed by atoms with Crippen molar-refractivity contribution in [2.24, 2.45) is 21.0 Å². The Kier molecular flexibility index (Phi) is 6.09. The van der Waals surface area contributed by atoms with Gasteiger partial charge in [0.05, 0.1) is 12.1 Å². The summed E-state index contributed by atoms with van der Waals surface area (Å²) >= 11 is 0. The standard InChI is InChI=1S/C22H20N6O2/c1-3-4-12-22(27-28-22)13-14-25-21(23)26-20(30)19-17(29)11-10-16(24-2)18(19)15-8-6-5-7-9-15/h1,5-11,29H,4,12-14H2,(H3,23,25,26,30). The van der Waals surface area contributed by atoms with Crippen molar-refractivity contribution in [2.45, 2.75) is 24.9 Å². The maximum atomic E-state index is 12.9. The number of aromatic hydroxyl groups is 1. The van der Waals surface area contributed by atoms with Crippen LogP contribution in [0.3, 0.4) is 0 Å². The minimum absolute atomic E-state index is 0.0365. The molecule has 8 heteroatoms. The van der Waals surface area contributed by atoms with E-state index in [0.717, 1.165) is 0 Å². The number of phenols is 1. The second-order valence-corrected chi connectivity index (χ2v) is 6.69. The molecule has 4 N–H and O–H groups in total. The summed E-state index contributed by atoms with van der Waals surface area (Å²) in [6.07, 6.45) is 7.04. The number of rotatable bonds is 7. The molecule has 0 saturated carbocycles. The van der Waals surface area contributed by atoms with Crippen LogP contribution >= 0.6 is 0 Å². The van der Waals surface area contributed by atoms with Crippen molar-refractivity contribution < 1.29 is 9.90 Å². The van der Waals surface area contributed by atoms with Gasteiger partial charge in [-0.25, -0.2) is 4.85 Å². The molecule has 0 aromatic heterocycles. The first-order chi connectivity index (χ1) is 14.5. The van der Waals surface area contributed by atoms with Gasteiger partial charge in [-0.15, -0.1) is 12.3 Å². The summed E-state index contributed by atoms with van der Waals surface area (Å²) in [5.74, 6) is 1.55. The number of terminal acetylenes is 1. The van der Waals surface area contributed by atoms with Crippen molar-refractivity contribution >= 4 is 17.6 Å². The minimum Gasteiger partial charge on any atom is -0.507 e. The molecule has 1 heterocycles. The number of nitrogens with one attached hydrogen (secondary N) is 1. The topological polar surface area (TPSA) is 117 Å². The molecule has 0 bridgehead atoms. The highest BCUT2D eigenvalue weighted by atomic mass is 16.3. The van der Waals surface area contributed by atoms with Crippen LogP contribution in [0.15, 0.2) is 57.7 Å². The van der Waals surface area contributed by atoms with Gasteiger partial charge in [0.15, 0.2) is 17.3 Å². The molecule has 2 aromatic carbocycles. The molecule has 0 aliphatic carbocycles. The summed E-state index contributed by atoms with van der Waals surface area (Å²) < 4.78 is 0. The van der Waals surface area contributed by atoms with E-state index < -0.39 is 11.6 Å². The average Bonchev–Trinajstić information content (AvgIpc) is 3.52. The van der Waals surface area contributed by atoms with Gasteiger partial charge in [0.1, 0.15) is 5.75 Å². The maximum absolute atomic E-state index is 12.9. The van der Waals surface area contributed by atoms with E-state index in [0.29, 0.717) is 36.9 Å². The van der Waals surface area contributed by atoms with Crippen molar-refractivity contribution in [3.63, 3.8) is 0 Å². The van der Waals surface area contributed by atoms with Crippen LogP contribution in [0.25, 0.3) is 16.0 Å². The lowest BCUT2D eigenvalue weighted by atomic mass is 9.96. The molecular weight excluding hydrogens is 380 g/mol. The van der Waals surface area contributed by atoms with Gasteiger partial charge in [-0.3, -0.25) is 15.1 Å². The zero-order chi connectivity index (χ0) is 21.6. The highest BCUT2D eigenvalue weighted by Crippen LogP contribution is 2.38. The van der Waals surface area contributed by atoms with Gasteiger partial charge < -0.3 is 10.8 Å². The van der Waals surface area contributed by atoms with Gasteiger partial charge in [-0.2, -0.15) is 10.2 Å². The zero-order valence-corrected chi connectivity index (χ0v) is 16.2. The molecule has 3 rings (SSSR count). The molecular formula is C22H20N6O2. The van der Waals surface area contributed by atoms with Crippen molar-refractivity contribution in [2.75, 3.05) is 6.54 Å². The van der Waals surface area contributed by atoms with E-state index in [1.807, 2.05) is 6.07 Å². The van der Waals surface area contributed by atoms with Gasteiger partial charge in [0.2, 0.25) is 0 Å². The Bertz CT molecular complexity index is 1090. The monoisotopic (exact) mass is 400 g/mol. The number of carbonyl (C=O) groups is 1. The Morgan fingerprint density at radius 1 is 1.27 bits per heavy atom. The third-order valence-corrected chi connectivity index (χ3v) is 4.66. The van der Waals surface area contributed by atoms with Crippen molar-refractivity contribution in [1.29, 1.82) is 0 Å². The van der Waals surface area contributed by atoms with Gasteiger partial charge in [0.25, 0.3) is 5.91 Å². The summed E-state index contributed by atoms with van der Waals surface area (Å²) in [6, 6.07) is 11.7. The second kappa shape index (κ2) is 8.89. The Labute approximate surface area is 174 Å². The fourth-order valence-corrected chi connectivity index (χ4v) is 3.04. The number of hydrogen-bond donors (Lipinski definition) is 3. The molecule has 150 valence electrons. The van der Waals surface area contributed by atoms with Crippen molar-refractivity contribution in [1.82, 2.24) is 5.32 Å². The molecule has 0 spiro atoms. The predicted molar refractivity (Wildman–Crippen MR) is 114 cm³/mol. The smallest absolute Gasteiger partial charge is 0.261 e. The largest absolute Gasteiger partial charge is 0.507 e. The summed E-state index contributed by atoms with van der Waals surface area (Å²) in [6.45, 7) is 7.73. The van der Waals surface area contributed by atoms with Crippen LogP contribution < -0.4 is 11.1 Å². The van der Waals surface area contributed by atoms with Crippen molar-refractivity contribution in [3.8, 4) is 29.2 Å². The van der Waals surface area contributed by atoms with Crippen LogP contribution in [0.1, 0.15) is 29.6 Å². The highest BCUT2D eigenvalue weighted by molar-refractivity contribution is 6.12. The lowest BCUT2D eigenvalue weighted by Gasteiger charge is -2.14. The van der Waals surface area contributed by atoms with Crippen LogP contribution in [0, 0.1) is 18.9 Å². The second-order valence-electron chi connectivity index (χ2n) is 6.69. The summed E-state index contributed by atoms with van der Waals surface area (Å²) in [5, 5.41) is 20.9. The molecule has 1 amide bonds. The molecule has 0 unspecified atom stereocenters. The van der Waals surface area contributed by atoms with Crippen LogP contribution in [-0.2, 0) is 0 Å². The van der Waals surface area contributed by atoms with Crippen LogP contribution in [0.4, 0.5) is 5.69 Å². The Morgan fingerprint density at radius 3 is 2.63 bits per heavy atom. The number of benzene rings is 2. The van der Waals surface area contributed by atoms with Crippen molar-refractivity contribution in [3.05, 3.63) is 59.4 Å².